The Labute approximate surface area is 180 Å². The van der Waals surface area contributed by atoms with Gasteiger partial charge in [0.1, 0.15) is 5.82 Å². The van der Waals surface area contributed by atoms with Gasteiger partial charge in [-0.2, -0.15) is 26.7 Å². The van der Waals surface area contributed by atoms with Crippen LogP contribution in [0.25, 0.3) is 0 Å². The molecule has 1 heterocycles. The molecule has 156 valence electrons. The molecule has 1 amide bonds. The van der Waals surface area contributed by atoms with Gasteiger partial charge in [-0.05, 0) is 55.9 Å². The first-order chi connectivity index (χ1) is 14.5. The van der Waals surface area contributed by atoms with Gasteiger partial charge in [-0.15, -0.1) is 0 Å². The largest absolute Gasteiger partial charge is 0.368 e. The Morgan fingerprint density at radius 1 is 1.00 bits per heavy atom. The number of nitrogens with one attached hydrogen (secondary N) is 2. The molecule has 0 radical (unpaired) electrons. The molecule has 1 aromatic heterocycles. The van der Waals surface area contributed by atoms with Crippen LogP contribution in [0.5, 0.6) is 0 Å². The number of amides is 1. The number of aromatic nitrogens is 3. The predicted molar refractivity (Wildman–Crippen MR) is 124 cm³/mol. The first-order valence-electron chi connectivity index (χ1n) is 9.76. The summed E-state index contributed by atoms with van der Waals surface area (Å²) in [5, 5.41) is 6.08. The van der Waals surface area contributed by atoms with Crippen LogP contribution in [0.15, 0.2) is 48.5 Å². The number of carbonyl (C=O) groups is 1. The number of rotatable bonds is 9. The summed E-state index contributed by atoms with van der Waals surface area (Å²) in [5.41, 5.74) is 9.86. The third kappa shape index (κ3) is 7.04. The van der Waals surface area contributed by atoms with Gasteiger partial charge in [-0.1, -0.05) is 29.8 Å². The van der Waals surface area contributed by atoms with Gasteiger partial charge in [0.15, 0.2) is 0 Å². The Hall–Kier alpha value is -3.13. The van der Waals surface area contributed by atoms with E-state index in [0.29, 0.717) is 23.9 Å². The Balaban J connectivity index is 1.42. The average molecular weight is 423 g/mol. The number of anilines is 4. The SMILES string of the molecule is Cc1ccc(Nc2nc(N)nc(CSCCCC(=O)Nc3cccc(C)c3)n2)cc1. The van der Waals surface area contributed by atoms with E-state index in [1.54, 1.807) is 11.8 Å². The summed E-state index contributed by atoms with van der Waals surface area (Å²) in [6.07, 6.45) is 1.25. The van der Waals surface area contributed by atoms with Gasteiger partial charge < -0.3 is 16.4 Å². The van der Waals surface area contributed by atoms with Gasteiger partial charge in [0.2, 0.25) is 17.8 Å². The molecule has 0 aliphatic heterocycles. The highest BCUT2D eigenvalue weighted by Gasteiger charge is 2.07. The third-order valence-corrected chi connectivity index (χ3v) is 5.27. The van der Waals surface area contributed by atoms with Crippen LogP contribution in [0.2, 0.25) is 0 Å². The number of hydrogen-bond donors (Lipinski definition) is 3. The quantitative estimate of drug-likeness (QED) is 0.437. The van der Waals surface area contributed by atoms with Crippen molar-refractivity contribution >= 4 is 40.9 Å². The van der Waals surface area contributed by atoms with Crippen LogP contribution in [0.4, 0.5) is 23.3 Å². The molecule has 0 aliphatic carbocycles. The molecule has 30 heavy (non-hydrogen) atoms. The Morgan fingerprint density at radius 3 is 2.57 bits per heavy atom. The van der Waals surface area contributed by atoms with Crippen molar-refractivity contribution in [2.75, 3.05) is 22.1 Å². The second-order valence-electron chi connectivity index (χ2n) is 7.00. The Bertz CT molecular complexity index is 993. The molecule has 0 fully saturated rings. The van der Waals surface area contributed by atoms with Gasteiger partial charge in [0, 0.05) is 17.8 Å². The van der Waals surface area contributed by atoms with Gasteiger partial charge in [0.05, 0.1) is 5.75 Å². The lowest BCUT2D eigenvalue weighted by molar-refractivity contribution is -0.116. The van der Waals surface area contributed by atoms with E-state index in [1.807, 2.05) is 62.4 Å². The van der Waals surface area contributed by atoms with Crippen molar-refractivity contribution < 1.29 is 4.79 Å². The summed E-state index contributed by atoms with van der Waals surface area (Å²) in [7, 11) is 0. The molecule has 0 saturated carbocycles. The number of nitrogens with zero attached hydrogens (tertiary/aromatic N) is 3. The van der Waals surface area contributed by atoms with E-state index in [2.05, 4.69) is 25.6 Å². The highest BCUT2D eigenvalue weighted by Crippen LogP contribution is 2.17. The zero-order valence-electron chi connectivity index (χ0n) is 17.2. The van der Waals surface area contributed by atoms with Crippen LogP contribution in [-0.4, -0.2) is 26.6 Å². The number of hydrogen-bond acceptors (Lipinski definition) is 7. The molecule has 3 rings (SSSR count). The first kappa shape index (κ1) is 21.6. The molecular weight excluding hydrogens is 396 g/mol. The maximum Gasteiger partial charge on any atom is 0.232 e. The fourth-order valence-electron chi connectivity index (χ4n) is 2.77. The van der Waals surface area contributed by atoms with Crippen molar-refractivity contribution in [3.05, 3.63) is 65.5 Å². The first-order valence-corrected chi connectivity index (χ1v) is 10.9. The minimum absolute atomic E-state index is 0.0233. The lowest BCUT2D eigenvalue weighted by Gasteiger charge is -2.08. The van der Waals surface area contributed by atoms with Gasteiger partial charge in [-0.3, -0.25) is 4.79 Å². The summed E-state index contributed by atoms with van der Waals surface area (Å²) in [6, 6.07) is 15.7. The molecule has 0 unspecified atom stereocenters. The normalized spacial score (nSPS) is 10.6. The minimum atomic E-state index is 0.0233. The van der Waals surface area contributed by atoms with Crippen molar-refractivity contribution in [2.45, 2.75) is 32.4 Å². The van der Waals surface area contributed by atoms with E-state index in [0.717, 1.165) is 29.1 Å². The molecule has 0 bridgehead atoms. The number of thioether (sulfide) groups is 1. The average Bonchev–Trinajstić information content (AvgIpc) is 2.69. The molecular formula is C22H26N6OS. The fourth-order valence-corrected chi connectivity index (χ4v) is 3.57. The van der Waals surface area contributed by atoms with E-state index in [4.69, 9.17) is 5.73 Å². The van der Waals surface area contributed by atoms with E-state index in [-0.39, 0.29) is 11.9 Å². The van der Waals surface area contributed by atoms with Crippen molar-refractivity contribution in [3.8, 4) is 0 Å². The molecule has 4 N–H and O–H groups in total. The van der Waals surface area contributed by atoms with Crippen molar-refractivity contribution in [3.63, 3.8) is 0 Å². The maximum atomic E-state index is 12.1. The number of aryl methyl sites for hydroxylation is 2. The lowest BCUT2D eigenvalue weighted by atomic mass is 10.2. The second-order valence-corrected chi connectivity index (χ2v) is 8.10. The summed E-state index contributed by atoms with van der Waals surface area (Å²) < 4.78 is 0. The van der Waals surface area contributed by atoms with Gasteiger partial charge in [-0.25, -0.2) is 0 Å². The minimum Gasteiger partial charge on any atom is -0.368 e. The molecule has 0 spiro atoms. The number of nitrogen functional groups attached to an aromatic ring is 1. The van der Waals surface area contributed by atoms with Crippen molar-refractivity contribution in [1.29, 1.82) is 0 Å². The molecule has 3 aromatic rings. The van der Waals surface area contributed by atoms with E-state index < -0.39 is 0 Å². The molecule has 8 heteroatoms. The molecule has 0 saturated heterocycles. The topological polar surface area (TPSA) is 106 Å². The highest BCUT2D eigenvalue weighted by molar-refractivity contribution is 7.98. The maximum absolute atomic E-state index is 12.1. The smallest absolute Gasteiger partial charge is 0.232 e. The Kier molecular flexibility index (Phi) is 7.62. The number of nitrogens with two attached hydrogens (primary N) is 1. The number of benzene rings is 2. The molecule has 7 nitrogen and oxygen atoms in total. The second kappa shape index (κ2) is 10.6. The van der Waals surface area contributed by atoms with Crippen LogP contribution in [0, 0.1) is 13.8 Å². The van der Waals surface area contributed by atoms with Crippen LogP contribution in [0.1, 0.15) is 29.8 Å². The summed E-state index contributed by atoms with van der Waals surface area (Å²) in [6.45, 7) is 4.04. The van der Waals surface area contributed by atoms with Crippen LogP contribution in [-0.2, 0) is 10.5 Å². The molecule has 0 aliphatic rings. The Morgan fingerprint density at radius 2 is 1.80 bits per heavy atom. The van der Waals surface area contributed by atoms with Crippen LogP contribution >= 0.6 is 11.8 Å². The fraction of sp³-hybridized carbons (Fsp3) is 0.273. The summed E-state index contributed by atoms with van der Waals surface area (Å²) >= 11 is 1.67. The van der Waals surface area contributed by atoms with Gasteiger partial charge in [0.25, 0.3) is 0 Å². The monoisotopic (exact) mass is 422 g/mol. The van der Waals surface area contributed by atoms with E-state index in [1.165, 1.54) is 5.56 Å². The van der Waals surface area contributed by atoms with Gasteiger partial charge >= 0.3 is 0 Å². The third-order valence-electron chi connectivity index (χ3n) is 4.23. The summed E-state index contributed by atoms with van der Waals surface area (Å²) in [4.78, 5) is 24.8. The van der Waals surface area contributed by atoms with E-state index >= 15 is 0 Å². The van der Waals surface area contributed by atoms with Crippen LogP contribution in [0.3, 0.4) is 0 Å². The lowest BCUT2D eigenvalue weighted by Crippen LogP contribution is -2.11. The zero-order valence-corrected chi connectivity index (χ0v) is 18.0. The van der Waals surface area contributed by atoms with E-state index in [9.17, 15) is 4.79 Å². The number of carbonyl (C=O) groups excluding carboxylic acids is 1. The van der Waals surface area contributed by atoms with Crippen molar-refractivity contribution in [1.82, 2.24) is 15.0 Å². The zero-order chi connectivity index (χ0) is 21.3. The predicted octanol–water partition coefficient (Wildman–Crippen LogP) is 4.47. The van der Waals surface area contributed by atoms with Crippen LogP contribution < -0.4 is 16.4 Å². The summed E-state index contributed by atoms with van der Waals surface area (Å²) in [5.74, 6) is 2.69. The molecule has 0 atom stereocenters. The van der Waals surface area contributed by atoms with Crippen molar-refractivity contribution in [2.24, 2.45) is 0 Å². The highest BCUT2D eigenvalue weighted by atomic mass is 32.2. The molecule has 2 aromatic carbocycles. The standard InChI is InChI=1S/C22H26N6OS/c1-15-8-10-17(11-9-15)25-22-27-19(26-21(23)28-22)14-30-12-4-7-20(29)24-18-6-3-5-16(2)13-18/h3,5-6,8-11,13H,4,7,12,14H2,1-2H3,(H,24,29)(H3,23,25,26,27,28).